The van der Waals surface area contributed by atoms with E-state index >= 15 is 0 Å². The van der Waals surface area contributed by atoms with Crippen molar-refractivity contribution in [2.45, 2.75) is 38.0 Å². The van der Waals surface area contributed by atoms with Gasteiger partial charge in [0.2, 0.25) is 0 Å². The zero-order chi connectivity index (χ0) is 33.8. The van der Waals surface area contributed by atoms with Gasteiger partial charge in [0.1, 0.15) is 5.82 Å². The molecule has 246 valence electrons. The maximum atomic E-state index is 14.3. The summed E-state index contributed by atoms with van der Waals surface area (Å²) in [5.74, 6) is 0.146. The molecular formula is C35H33FN6O4S2. The van der Waals surface area contributed by atoms with Crippen LogP contribution in [0.25, 0.3) is 5.69 Å². The first-order valence-electron chi connectivity index (χ1n) is 15.1. The minimum absolute atomic E-state index is 0.00852. The summed E-state index contributed by atoms with van der Waals surface area (Å²) >= 11 is 2.79. The second-order valence-corrected chi connectivity index (χ2v) is 12.9. The summed E-state index contributed by atoms with van der Waals surface area (Å²) in [6.07, 6.45) is 0.505. The Hall–Kier alpha value is -5.01. The smallest absolute Gasteiger partial charge is 0.254 e. The number of ether oxygens (including phenoxy) is 2. The van der Waals surface area contributed by atoms with E-state index in [1.54, 1.807) is 31.6 Å². The third-order valence-corrected chi connectivity index (χ3v) is 9.75. The first-order valence-corrected chi connectivity index (χ1v) is 17.0. The molecule has 0 aliphatic carbocycles. The summed E-state index contributed by atoms with van der Waals surface area (Å²) in [5, 5.41) is 20.3. The van der Waals surface area contributed by atoms with Gasteiger partial charge in [-0.05, 0) is 60.7 Å². The van der Waals surface area contributed by atoms with E-state index in [0.717, 1.165) is 33.0 Å². The molecule has 0 unspecified atom stereocenters. The molecule has 0 bridgehead atoms. The third-order valence-electron chi connectivity index (χ3n) is 7.92. The number of nitrogens with zero attached hydrogens (tertiary/aromatic N) is 5. The monoisotopic (exact) mass is 684 g/mol. The van der Waals surface area contributed by atoms with Crippen molar-refractivity contribution in [2.24, 2.45) is 5.10 Å². The van der Waals surface area contributed by atoms with Crippen molar-refractivity contribution in [3.63, 3.8) is 0 Å². The number of hydrazone groups is 1. The predicted molar refractivity (Wildman–Crippen MR) is 184 cm³/mol. The van der Waals surface area contributed by atoms with Crippen molar-refractivity contribution in [2.75, 3.05) is 20.0 Å². The molecule has 6 rings (SSSR count). The average molecular weight is 685 g/mol. The van der Waals surface area contributed by atoms with E-state index in [1.807, 2.05) is 72.3 Å². The largest absolute Gasteiger partial charge is 0.493 e. The Labute approximate surface area is 285 Å². The summed E-state index contributed by atoms with van der Waals surface area (Å²) < 4.78 is 27.4. The molecule has 10 nitrogen and oxygen atoms in total. The van der Waals surface area contributed by atoms with Crippen LogP contribution in [0.1, 0.15) is 50.2 Å². The average Bonchev–Trinajstić information content (AvgIpc) is 3.87. The molecule has 2 amide bonds. The van der Waals surface area contributed by atoms with Crippen molar-refractivity contribution in [1.82, 2.24) is 25.1 Å². The number of methoxy groups -OCH3 is 2. The van der Waals surface area contributed by atoms with Gasteiger partial charge >= 0.3 is 0 Å². The van der Waals surface area contributed by atoms with Crippen LogP contribution < -0.4 is 14.8 Å². The topological polar surface area (TPSA) is 111 Å². The van der Waals surface area contributed by atoms with Crippen molar-refractivity contribution < 1.29 is 23.5 Å². The second-order valence-electron chi connectivity index (χ2n) is 11.0. The minimum Gasteiger partial charge on any atom is -0.493 e. The van der Waals surface area contributed by atoms with Crippen molar-refractivity contribution in [1.29, 1.82) is 0 Å². The van der Waals surface area contributed by atoms with E-state index in [0.29, 0.717) is 28.9 Å². The summed E-state index contributed by atoms with van der Waals surface area (Å²) in [6, 6.07) is 20.9. The maximum Gasteiger partial charge on any atom is 0.254 e. The number of thioether (sulfide) groups is 1. The lowest BCUT2D eigenvalue weighted by Crippen LogP contribution is -2.29. The van der Waals surface area contributed by atoms with Crippen LogP contribution in [0.15, 0.2) is 88.4 Å². The van der Waals surface area contributed by atoms with Gasteiger partial charge < -0.3 is 14.8 Å². The fourth-order valence-electron chi connectivity index (χ4n) is 5.55. The van der Waals surface area contributed by atoms with E-state index in [4.69, 9.17) is 14.6 Å². The van der Waals surface area contributed by atoms with Crippen molar-refractivity contribution in [3.8, 4) is 17.2 Å². The Morgan fingerprint density at radius 2 is 1.85 bits per heavy atom. The molecular weight excluding hydrogens is 652 g/mol. The van der Waals surface area contributed by atoms with Crippen LogP contribution in [-0.4, -0.2) is 57.3 Å². The zero-order valence-electron chi connectivity index (χ0n) is 26.8. The fraction of sp³-hybridized carbons (Fsp3) is 0.229. The molecule has 1 aliphatic rings. The van der Waals surface area contributed by atoms with Crippen LogP contribution >= 0.6 is 23.1 Å². The highest BCUT2D eigenvalue weighted by Crippen LogP contribution is 2.42. The minimum atomic E-state index is -0.613. The number of carbonyl (C=O) groups is 2. The molecule has 3 aromatic carbocycles. The molecule has 1 N–H and O–H groups in total. The zero-order valence-corrected chi connectivity index (χ0v) is 28.4. The van der Waals surface area contributed by atoms with Gasteiger partial charge in [-0.3, -0.25) is 14.2 Å². The molecule has 1 aliphatic heterocycles. The normalized spacial score (nSPS) is 14.1. The van der Waals surface area contributed by atoms with Crippen LogP contribution in [-0.2, 0) is 11.3 Å². The number of benzene rings is 3. The Morgan fingerprint density at radius 1 is 1.02 bits per heavy atom. The standard InChI is InChI=1S/C35H33FN6O4S2/c1-21-14-15-22(2)27(17-21)41-31(19-37-34(44)23-9-5-6-11-25(23)36)38-39-35(41)48-20-32(43)42-28(18-26(40-42)30-13-8-16-47-30)24-10-7-12-29(45-3)33(24)46-4/h5-17,28H,18-20H2,1-4H3,(H,37,44)/t28-/m1/s1. The number of aromatic nitrogens is 3. The number of nitrogens with one attached hydrogen (secondary N) is 1. The number of carbonyl (C=O) groups excluding carboxylic acids is 2. The summed E-state index contributed by atoms with van der Waals surface area (Å²) in [4.78, 5) is 27.8. The van der Waals surface area contributed by atoms with E-state index in [2.05, 4.69) is 15.5 Å². The van der Waals surface area contributed by atoms with Gasteiger partial charge in [0.05, 0.1) is 54.4 Å². The quantitative estimate of drug-likeness (QED) is 0.158. The van der Waals surface area contributed by atoms with Gasteiger partial charge in [0, 0.05) is 12.0 Å². The highest BCUT2D eigenvalue weighted by molar-refractivity contribution is 7.99. The molecule has 0 spiro atoms. The molecule has 2 aromatic heterocycles. The number of thiophene rings is 1. The Kier molecular flexibility index (Phi) is 9.88. The lowest BCUT2D eigenvalue weighted by atomic mass is 9.99. The number of hydrogen-bond donors (Lipinski definition) is 1. The molecule has 13 heteroatoms. The molecule has 0 saturated heterocycles. The molecule has 0 fully saturated rings. The molecule has 0 saturated carbocycles. The SMILES string of the molecule is COc1cccc([C@H]2CC(c3cccs3)=NN2C(=O)CSc2nnc(CNC(=O)c3ccccc3F)n2-c2cc(C)ccc2C)c1OC. The predicted octanol–water partition coefficient (Wildman–Crippen LogP) is 6.50. The van der Waals surface area contributed by atoms with Gasteiger partial charge in [-0.15, -0.1) is 21.5 Å². The van der Waals surface area contributed by atoms with Gasteiger partial charge in [-0.25, -0.2) is 9.40 Å². The molecule has 48 heavy (non-hydrogen) atoms. The lowest BCUT2D eigenvalue weighted by Gasteiger charge is -2.24. The van der Waals surface area contributed by atoms with E-state index < -0.39 is 17.8 Å². The van der Waals surface area contributed by atoms with Gasteiger partial charge in [-0.1, -0.05) is 54.2 Å². The number of rotatable bonds is 11. The van der Waals surface area contributed by atoms with Crippen LogP contribution in [0, 0.1) is 19.7 Å². The van der Waals surface area contributed by atoms with Gasteiger partial charge in [0.25, 0.3) is 11.8 Å². The van der Waals surface area contributed by atoms with E-state index in [9.17, 15) is 14.0 Å². The van der Waals surface area contributed by atoms with Crippen LogP contribution in [0.2, 0.25) is 0 Å². The Balaban J connectivity index is 1.29. The molecule has 3 heterocycles. The Bertz CT molecular complexity index is 1990. The fourth-order valence-corrected chi connectivity index (χ4v) is 7.09. The number of aryl methyl sites for hydroxylation is 2. The molecule has 0 radical (unpaired) electrons. The van der Waals surface area contributed by atoms with Crippen LogP contribution in [0.3, 0.4) is 0 Å². The highest BCUT2D eigenvalue weighted by atomic mass is 32.2. The van der Waals surface area contributed by atoms with Gasteiger partial charge in [-0.2, -0.15) is 5.10 Å². The number of amides is 2. The van der Waals surface area contributed by atoms with Crippen molar-refractivity contribution >= 4 is 40.6 Å². The maximum absolute atomic E-state index is 14.3. The van der Waals surface area contributed by atoms with Crippen LogP contribution in [0.4, 0.5) is 4.39 Å². The summed E-state index contributed by atoms with van der Waals surface area (Å²) in [7, 11) is 3.16. The lowest BCUT2D eigenvalue weighted by molar-refractivity contribution is -0.130. The number of hydrogen-bond acceptors (Lipinski definition) is 9. The first kappa shape index (κ1) is 32.9. The number of para-hydroxylation sites is 1. The second kappa shape index (κ2) is 14.4. The number of halogens is 1. The van der Waals surface area contributed by atoms with Crippen LogP contribution in [0.5, 0.6) is 11.5 Å². The third kappa shape index (κ3) is 6.69. The Morgan fingerprint density at radius 3 is 2.60 bits per heavy atom. The van der Waals surface area contributed by atoms with Gasteiger partial charge in [0.15, 0.2) is 22.5 Å². The summed E-state index contributed by atoms with van der Waals surface area (Å²) in [6.45, 7) is 3.93. The first-order chi connectivity index (χ1) is 23.3. The van der Waals surface area contributed by atoms with E-state index in [-0.39, 0.29) is 23.8 Å². The molecule has 1 atom stereocenters. The highest BCUT2D eigenvalue weighted by Gasteiger charge is 2.36. The molecule has 5 aromatic rings. The van der Waals surface area contributed by atoms with Crippen molar-refractivity contribution in [3.05, 3.63) is 117 Å². The summed E-state index contributed by atoms with van der Waals surface area (Å²) in [5.41, 5.74) is 4.31. The van der Waals surface area contributed by atoms with E-state index in [1.165, 1.54) is 35.0 Å².